The summed E-state index contributed by atoms with van der Waals surface area (Å²) in [5.41, 5.74) is 3.58. The summed E-state index contributed by atoms with van der Waals surface area (Å²) in [4.78, 5) is 2.39. The molecule has 0 bridgehead atoms. The number of anilines is 1. The zero-order chi connectivity index (χ0) is 29.0. The smallest absolute Gasteiger partial charge is 0.142 e. The summed E-state index contributed by atoms with van der Waals surface area (Å²) in [5, 5.41) is 3.52. The van der Waals surface area contributed by atoms with E-state index in [1.807, 2.05) is 42.5 Å². The van der Waals surface area contributed by atoms with Gasteiger partial charge in [0.2, 0.25) is 0 Å². The highest BCUT2D eigenvalue weighted by molar-refractivity contribution is 5.61. The van der Waals surface area contributed by atoms with Gasteiger partial charge in [0.1, 0.15) is 43.2 Å². The first kappa shape index (κ1) is 30.2. The van der Waals surface area contributed by atoms with Gasteiger partial charge in [-0.25, -0.2) is 0 Å². The second-order valence-corrected chi connectivity index (χ2v) is 10.8. The lowest BCUT2D eigenvalue weighted by molar-refractivity contribution is 0.0105. The summed E-state index contributed by atoms with van der Waals surface area (Å²) < 4.78 is 35.1. The molecule has 8 heteroatoms. The van der Waals surface area contributed by atoms with Crippen LogP contribution in [0.25, 0.3) is 0 Å². The van der Waals surface area contributed by atoms with Crippen LogP contribution in [0.1, 0.15) is 29.9 Å². The standard InChI is InChI=1S/C34H44N2O6/c1-37-19-6-17-36-18-20-39-33-14-9-26(21-32(33)36)23-42-34-22-35-16-15-31(34)27-10-12-29(13-11-27)41-25-30(38-2)24-40-28-7-4-3-5-8-28/h3-5,7-14,21,30-31,34-35H,6,15-20,22-25H2,1-2H3/t30-,31?,34+/m1/s1. The number of methoxy groups -OCH3 is 2. The number of ether oxygens (including phenoxy) is 6. The highest BCUT2D eigenvalue weighted by Crippen LogP contribution is 2.34. The van der Waals surface area contributed by atoms with Crippen LogP contribution in [0.5, 0.6) is 17.2 Å². The molecule has 0 aliphatic carbocycles. The number of para-hydroxylation sites is 1. The van der Waals surface area contributed by atoms with Gasteiger partial charge in [-0.05, 0) is 66.9 Å². The number of nitrogens with one attached hydrogen (secondary N) is 1. The van der Waals surface area contributed by atoms with E-state index in [1.165, 1.54) is 5.56 Å². The third-order valence-electron chi connectivity index (χ3n) is 7.91. The SMILES string of the molecule is COCCCN1CCOc2ccc(CO[C@H]3CNCCC3c3ccc(OC[C@@H](COc4ccccc4)OC)cc3)cc21. The van der Waals surface area contributed by atoms with E-state index in [4.69, 9.17) is 28.4 Å². The Kier molecular flexibility index (Phi) is 11.3. The molecule has 2 heterocycles. The molecule has 0 aromatic heterocycles. The van der Waals surface area contributed by atoms with Crippen LogP contribution in [0.2, 0.25) is 0 Å². The number of hydrogen-bond donors (Lipinski definition) is 1. The fourth-order valence-corrected chi connectivity index (χ4v) is 5.52. The molecule has 8 nitrogen and oxygen atoms in total. The van der Waals surface area contributed by atoms with Crippen molar-refractivity contribution in [2.24, 2.45) is 0 Å². The minimum absolute atomic E-state index is 0.0867. The molecular formula is C34H44N2O6. The van der Waals surface area contributed by atoms with Gasteiger partial charge >= 0.3 is 0 Å². The summed E-state index contributed by atoms with van der Waals surface area (Å²) in [6.45, 7) is 6.53. The molecule has 0 radical (unpaired) electrons. The average molecular weight is 577 g/mol. The largest absolute Gasteiger partial charge is 0.491 e. The van der Waals surface area contributed by atoms with Crippen LogP contribution >= 0.6 is 0 Å². The Balaban J connectivity index is 1.14. The van der Waals surface area contributed by atoms with Crippen molar-refractivity contribution >= 4 is 5.69 Å². The zero-order valence-electron chi connectivity index (χ0n) is 24.8. The Hall–Kier alpha value is -3.30. The highest BCUT2D eigenvalue weighted by atomic mass is 16.6. The van der Waals surface area contributed by atoms with Crippen LogP contribution in [-0.4, -0.2) is 79.0 Å². The Bertz CT molecular complexity index is 1210. The van der Waals surface area contributed by atoms with Crippen molar-refractivity contribution in [3.8, 4) is 17.2 Å². The normalized spacial score (nSPS) is 19.0. The molecule has 5 rings (SSSR count). The van der Waals surface area contributed by atoms with Crippen molar-refractivity contribution in [1.29, 1.82) is 0 Å². The zero-order valence-corrected chi connectivity index (χ0v) is 24.8. The number of hydrogen-bond acceptors (Lipinski definition) is 8. The maximum Gasteiger partial charge on any atom is 0.142 e. The van der Waals surface area contributed by atoms with Crippen LogP contribution in [0.4, 0.5) is 5.69 Å². The van der Waals surface area contributed by atoms with Crippen molar-refractivity contribution in [2.45, 2.75) is 37.6 Å². The Morgan fingerprint density at radius 1 is 0.952 bits per heavy atom. The molecule has 3 aromatic carbocycles. The van der Waals surface area contributed by atoms with Crippen LogP contribution in [0, 0.1) is 0 Å². The Morgan fingerprint density at radius 2 is 1.74 bits per heavy atom. The van der Waals surface area contributed by atoms with E-state index < -0.39 is 0 Å². The van der Waals surface area contributed by atoms with E-state index in [9.17, 15) is 0 Å². The molecule has 0 amide bonds. The van der Waals surface area contributed by atoms with Gasteiger partial charge in [0.05, 0.1) is 24.9 Å². The minimum Gasteiger partial charge on any atom is -0.491 e. The number of piperidine rings is 1. The molecule has 1 N–H and O–H groups in total. The summed E-state index contributed by atoms with van der Waals surface area (Å²) >= 11 is 0. The Labute approximate surface area is 249 Å². The number of benzene rings is 3. The molecule has 2 aliphatic heterocycles. The van der Waals surface area contributed by atoms with Crippen molar-refractivity contribution in [3.05, 3.63) is 83.9 Å². The van der Waals surface area contributed by atoms with E-state index in [0.29, 0.717) is 32.3 Å². The monoisotopic (exact) mass is 576 g/mol. The molecule has 1 saturated heterocycles. The van der Waals surface area contributed by atoms with Crippen molar-refractivity contribution < 1.29 is 28.4 Å². The summed E-state index contributed by atoms with van der Waals surface area (Å²) in [5.74, 6) is 2.90. The van der Waals surface area contributed by atoms with Crippen LogP contribution < -0.4 is 24.4 Å². The molecule has 2 aliphatic rings. The fraction of sp³-hybridized carbons (Fsp3) is 0.471. The topological polar surface area (TPSA) is 70.7 Å². The predicted octanol–water partition coefficient (Wildman–Crippen LogP) is 5.06. The van der Waals surface area contributed by atoms with Crippen molar-refractivity contribution in [2.75, 3.05) is 71.7 Å². The predicted molar refractivity (Wildman–Crippen MR) is 164 cm³/mol. The van der Waals surface area contributed by atoms with E-state index >= 15 is 0 Å². The summed E-state index contributed by atoms with van der Waals surface area (Å²) in [6.07, 6.45) is 1.94. The fourth-order valence-electron chi connectivity index (χ4n) is 5.52. The lowest BCUT2D eigenvalue weighted by Crippen LogP contribution is -2.41. The molecule has 42 heavy (non-hydrogen) atoms. The molecule has 3 aromatic rings. The van der Waals surface area contributed by atoms with Gasteiger partial charge in [0.15, 0.2) is 0 Å². The second-order valence-electron chi connectivity index (χ2n) is 10.8. The van der Waals surface area contributed by atoms with Gasteiger partial charge in [-0.3, -0.25) is 0 Å². The summed E-state index contributed by atoms with van der Waals surface area (Å²) in [7, 11) is 3.43. The van der Waals surface area contributed by atoms with Gasteiger partial charge in [0.25, 0.3) is 0 Å². The molecule has 0 spiro atoms. The lowest BCUT2D eigenvalue weighted by atomic mass is 9.87. The van der Waals surface area contributed by atoms with Crippen LogP contribution in [-0.2, 0) is 20.8 Å². The number of fused-ring (bicyclic) bond motifs is 1. The first-order valence-corrected chi connectivity index (χ1v) is 15.0. The van der Waals surface area contributed by atoms with Gasteiger partial charge in [0, 0.05) is 39.8 Å². The van der Waals surface area contributed by atoms with Crippen molar-refractivity contribution in [3.63, 3.8) is 0 Å². The minimum atomic E-state index is -0.167. The summed E-state index contributed by atoms with van der Waals surface area (Å²) in [6, 6.07) is 24.6. The first-order chi connectivity index (χ1) is 20.7. The Morgan fingerprint density at radius 3 is 2.50 bits per heavy atom. The van der Waals surface area contributed by atoms with Gasteiger partial charge in [-0.15, -0.1) is 0 Å². The van der Waals surface area contributed by atoms with Gasteiger partial charge in [-0.1, -0.05) is 36.4 Å². The molecule has 226 valence electrons. The third kappa shape index (κ3) is 8.38. The first-order valence-electron chi connectivity index (χ1n) is 15.0. The highest BCUT2D eigenvalue weighted by Gasteiger charge is 2.27. The quantitative estimate of drug-likeness (QED) is 0.252. The number of nitrogens with zero attached hydrogens (tertiary/aromatic N) is 1. The van der Waals surface area contributed by atoms with Crippen molar-refractivity contribution in [1.82, 2.24) is 5.32 Å². The molecule has 3 atom stereocenters. The van der Waals surface area contributed by atoms with Crippen LogP contribution in [0.15, 0.2) is 72.8 Å². The second kappa shape index (κ2) is 15.8. The van der Waals surface area contributed by atoms with E-state index in [1.54, 1.807) is 14.2 Å². The van der Waals surface area contributed by atoms with E-state index in [2.05, 4.69) is 40.5 Å². The number of rotatable bonds is 15. The van der Waals surface area contributed by atoms with Gasteiger partial charge in [-0.2, -0.15) is 0 Å². The molecule has 1 fully saturated rings. The molecule has 1 unspecified atom stereocenters. The third-order valence-corrected chi connectivity index (χ3v) is 7.91. The van der Waals surface area contributed by atoms with Gasteiger partial charge < -0.3 is 38.6 Å². The average Bonchev–Trinajstić information content (AvgIpc) is 3.05. The van der Waals surface area contributed by atoms with Crippen LogP contribution in [0.3, 0.4) is 0 Å². The van der Waals surface area contributed by atoms with E-state index in [0.717, 1.165) is 74.1 Å². The molecular weight excluding hydrogens is 532 g/mol. The molecule has 0 saturated carbocycles. The van der Waals surface area contributed by atoms with E-state index in [-0.39, 0.29) is 12.2 Å². The maximum absolute atomic E-state index is 6.54. The lowest BCUT2D eigenvalue weighted by Gasteiger charge is -2.33. The maximum atomic E-state index is 6.54.